The summed E-state index contributed by atoms with van der Waals surface area (Å²) in [7, 11) is 0. The summed E-state index contributed by atoms with van der Waals surface area (Å²) in [5.41, 5.74) is 3.49. The molecule has 2 heterocycles. The van der Waals surface area contributed by atoms with Crippen molar-refractivity contribution in [3.05, 3.63) is 40.9 Å². The minimum atomic E-state index is 0.460. The number of hydrogen-bond donors (Lipinski definition) is 0. The molecule has 0 amide bonds. The summed E-state index contributed by atoms with van der Waals surface area (Å²) in [5, 5.41) is 3.10. The van der Waals surface area contributed by atoms with Crippen molar-refractivity contribution in [2.75, 3.05) is 19.8 Å². The first-order chi connectivity index (χ1) is 10.3. The Balaban J connectivity index is 1.85. The number of rotatable bonds is 4. The first-order valence-corrected chi connectivity index (χ1v) is 8.60. The van der Waals surface area contributed by atoms with Crippen LogP contribution in [0.4, 0.5) is 0 Å². The molecule has 3 rings (SSSR count). The molecule has 1 fully saturated rings. The third-order valence-corrected chi connectivity index (χ3v) is 5.01. The monoisotopic (exact) mass is 322 g/mol. The quantitative estimate of drug-likeness (QED) is 0.801. The Kier molecular flexibility index (Phi) is 4.91. The summed E-state index contributed by atoms with van der Waals surface area (Å²) in [6, 6.07) is 8.97. The zero-order valence-corrected chi connectivity index (χ0v) is 13.7. The molecule has 0 spiro atoms. The van der Waals surface area contributed by atoms with Crippen LogP contribution < -0.4 is 0 Å². The predicted molar refractivity (Wildman–Crippen MR) is 87.8 cm³/mol. The lowest BCUT2D eigenvalue weighted by atomic mass is 10.1. The van der Waals surface area contributed by atoms with Gasteiger partial charge < -0.3 is 4.74 Å². The fraction of sp³-hybridized carbons (Fsp3) is 0.438. The summed E-state index contributed by atoms with van der Waals surface area (Å²) < 4.78 is 5.52. The van der Waals surface area contributed by atoms with Gasteiger partial charge in [0.2, 0.25) is 0 Å². The van der Waals surface area contributed by atoms with E-state index in [1.54, 1.807) is 11.3 Å². The van der Waals surface area contributed by atoms with Crippen LogP contribution in [0.25, 0.3) is 10.6 Å². The van der Waals surface area contributed by atoms with E-state index in [0.29, 0.717) is 11.9 Å². The van der Waals surface area contributed by atoms with Gasteiger partial charge in [-0.1, -0.05) is 24.3 Å². The van der Waals surface area contributed by atoms with Crippen LogP contribution in [0.1, 0.15) is 18.2 Å². The van der Waals surface area contributed by atoms with Gasteiger partial charge in [-0.25, -0.2) is 4.98 Å². The van der Waals surface area contributed by atoms with Crippen LogP contribution in [-0.2, 0) is 17.2 Å². The standard InChI is InChI=1S/C16H19ClN2OS/c1-12-10-20-7-6-19(12)9-13-4-2-3-5-15(13)16-18-14(8-17)11-21-16/h2-5,11-12H,6-10H2,1H3. The van der Waals surface area contributed by atoms with Gasteiger partial charge in [-0.15, -0.1) is 22.9 Å². The van der Waals surface area contributed by atoms with Crippen LogP contribution in [-0.4, -0.2) is 35.7 Å². The van der Waals surface area contributed by atoms with Gasteiger partial charge in [0.05, 0.1) is 24.8 Å². The van der Waals surface area contributed by atoms with Crippen LogP contribution in [0, 0.1) is 0 Å². The van der Waals surface area contributed by atoms with Gasteiger partial charge >= 0.3 is 0 Å². The SMILES string of the molecule is CC1COCCN1Cc1ccccc1-c1nc(CCl)cs1. The van der Waals surface area contributed by atoms with Crippen molar-refractivity contribution in [3.63, 3.8) is 0 Å². The molecular weight excluding hydrogens is 304 g/mol. The second-order valence-electron chi connectivity index (χ2n) is 5.33. The Morgan fingerprint density at radius 3 is 3.05 bits per heavy atom. The summed E-state index contributed by atoms with van der Waals surface area (Å²) >= 11 is 7.53. The van der Waals surface area contributed by atoms with E-state index in [0.717, 1.165) is 37.0 Å². The average Bonchev–Trinajstić information content (AvgIpc) is 2.99. The predicted octanol–water partition coefficient (Wildman–Crippen LogP) is 3.77. The van der Waals surface area contributed by atoms with Gasteiger partial charge in [-0.2, -0.15) is 0 Å². The lowest BCUT2D eigenvalue weighted by Crippen LogP contribution is -2.42. The molecule has 1 aromatic carbocycles. The van der Waals surface area contributed by atoms with E-state index in [4.69, 9.17) is 16.3 Å². The number of aromatic nitrogens is 1. The van der Waals surface area contributed by atoms with E-state index in [2.05, 4.69) is 41.1 Å². The number of morpholine rings is 1. The highest BCUT2D eigenvalue weighted by Crippen LogP contribution is 2.29. The maximum atomic E-state index is 5.86. The molecule has 1 saturated heterocycles. The summed E-state index contributed by atoms with van der Waals surface area (Å²) in [5.74, 6) is 0.471. The third kappa shape index (κ3) is 3.46. The zero-order valence-electron chi connectivity index (χ0n) is 12.1. The van der Waals surface area contributed by atoms with E-state index in [1.807, 2.05) is 5.38 Å². The van der Waals surface area contributed by atoms with Crippen molar-refractivity contribution in [2.24, 2.45) is 0 Å². The van der Waals surface area contributed by atoms with Crippen molar-refractivity contribution in [3.8, 4) is 10.6 Å². The van der Waals surface area contributed by atoms with Crippen molar-refractivity contribution in [1.82, 2.24) is 9.88 Å². The van der Waals surface area contributed by atoms with Gasteiger partial charge in [-0.3, -0.25) is 4.90 Å². The third-order valence-electron chi connectivity index (χ3n) is 3.82. The van der Waals surface area contributed by atoms with Crippen molar-refractivity contribution >= 4 is 22.9 Å². The number of alkyl halides is 1. The lowest BCUT2D eigenvalue weighted by molar-refractivity contribution is -0.00429. The molecule has 1 aromatic heterocycles. The number of thiazole rings is 1. The Morgan fingerprint density at radius 1 is 1.43 bits per heavy atom. The van der Waals surface area contributed by atoms with Gasteiger partial charge in [0, 0.05) is 30.1 Å². The van der Waals surface area contributed by atoms with Crippen molar-refractivity contribution < 1.29 is 4.74 Å². The average molecular weight is 323 g/mol. The van der Waals surface area contributed by atoms with Crippen LogP contribution in [0.3, 0.4) is 0 Å². The number of nitrogens with zero attached hydrogens (tertiary/aromatic N) is 2. The molecule has 0 radical (unpaired) electrons. The largest absolute Gasteiger partial charge is 0.379 e. The van der Waals surface area contributed by atoms with Gasteiger partial charge in [0.25, 0.3) is 0 Å². The highest BCUT2D eigenvalue weighted by molar-refractivity contribution is 7.13. The van der Waals surface area contributed by atoms with E-state index >= 15 is 0 Å². The van der Waals surface area contributed by atoms with Crippen molar-refractivity contribution in [2.45, 2.75) is 25.4 Å². The molecule has 0 N–H and O–H groups in total. The van der Waals surface area contributed by atoms with E-state index in [1.165, 1.54) is 11.1 Å². The Bertz CT molecular complexity index is 601. The minimum absolute atomic E-state index is 0.460. The fourth-order valence-corrected chi connectivity index (χ4v) is 3.68. The van der Waals surface area contributed by atoms with Gasteiger partial charge in [0.15, 0.2) is 0 Å². The number of hydrogen-bond acceptors (Lipinski definition) is 4. The summed E-state index contributed by atoms with van der Waals surface area (Å²) in [6.07, 6.45) is 0. The molecule has 1 atom stereocenters. The summed E-state index contributed by atoms with van der Waals surface area (Å²) in [6.45, 7) is 5.78. The molecule has 1 aliphatic rings. The maximum absolute atomic E-state index is 5.86. The van der Waals surface area contributed by atoms with Gasteiger partial charge in [-0.05, 0) is 12.5 Å². The highest BCUT2D eigenvalue weighted by atomic mass is 35.5. The normalized spacial score (nSPS) is 19.8. The molecule has 112 valence electrons. The van der Waals surface area contributed by atoms with E-state index < -0.39 is 0 Å². The molecule has 1 unspecified atom stereocenters. The molecular formula is C16H19ClN2OS. The van der Waals surface area contributed by atoms with Crippen LogP contribution in [0.2, 0.25) is 0 Å². The molecule has 5 heteroatoms. The fourth-order valence-electron chi connectivity index (χ4n) is 2.57. The van der Waals surface area contributed by atoms with E-state index in [9.17, 15) is 0 Å². The van der Waals surface area contributed by atoms with Crippen LogP contribution in [0.5, 0.6) is 0 Å². The lowest BCUT2D eigenvalue weighted by Gasteiger charge is -2.33. The van der Waals surface area contributed by atoms with Crippen molar-refractivity contribution in [1.29, 1.82) is 0 Å². The Labute approximate surface area is 134 Å². The smallest absolute Gasteiger partial charge is 0.123 e. The number of benzene rings is 1. The topological polar surface area (TPSA) is 25.4 Å². The molecule has 0 aliphatic carbocycles. The molecule has 2 aromatic rings. The second-order valence-corrected chi connectivity index (χ2v) is 6.45. The molecule has 21 heavy (non-hydrogen) atoms. The summed E-state index contributed by atoms with van der Waals surface area (Å²) in [4.78, 5) is 7.09. The van der Waals surface area contributed by atoms with Crippen LogP contribution >= 0.6 is 22.9 Å². The Hall–Kier alpha value is -0.940. The van der Waals surface area contributed by atoms with E-state index in [-0.39, 0.29) is 0 Å². The van der Waals surface area contributed by atoms with Gasteiger partial charge in [0.1, 0.15) is 5.01 Å². The zero-order chi connectivity index (χ0) is 14.7. The molecule has 1 aliphatic heterocycles. The first kappa shape index (κ1) is 15.0. The Morgan fingerprint density at radius 2 is 2.29 bits per heavy atom. The molecule has 3 nitrogen and oxygen atoms in total. The second kappa shape index (κ2) is 6.88. The van der Waals surface area contributed by atoms with Crippen LogP contribution in [0.15, 0.2) is 29.6 Å². The molecule has 0 saturated carbocycles. The first-order valence-electron chi connectivity index (χ1n) is 7.18. The number of ether oxygens (including phenoxy) is 1. The maximum Gasteiger partial charge on any atom is 0.123 e. The molecule has 0 bridgehead atoms. The number of halogens is 1. The highest BCUT2D eigenvalue weighted by Gasteiger charge is 2.20. The minimum Gasteiger partial charge on any atom is -0.379 e.